The van der Waals surface area contributed by atoms with Gasteiger partial charge in [0.25, 0.3) is 0 Å². The molecule has 92 valence electrons. The first-order chi connectivity index (χ1) is 7.02. The van der Waals surface area contributed by atoms with E-state index in [0.717, 1.165) is 26.2 Å². The summed E-state index contributed by atoms with van der Waals surface area (Å²) < 4.78 is 10.9. The Bertz CT molecular complexity index is 149. The van der Waals surface area contributed by atoms with Crippen LogP contribution in [-0.2, 0) is 9.47 Å². The molecular formula is C12H27NO2. The fraction of sp³-hybridized carbons (Fsp3) is 1.00. The zero-order valence-corrected chi connectivity index (χ0v) is 10.9. The highest BCUT2D eigenvalue weighted by Gasteiger charge is 2.15. The van der Waals surface area contributed by atoms with E-state index in [1.165, 1.54) is 6.42 Å². The number of hydrogen-bond donors (Lipinski definition) is 1. The molecule has 0 aromatic heterocycles. The van der Waals surface area contributed by atoms with Crippen LogP contribution in [0.15, 0.2) is 0 Å². The van der Waals surface area contributed by atoms with Gasteiger partial charge in [0.05, 0.1) is 12.2 Å². The summed E-state index contributed by atoms with van der Waals surface area (Å²) in [6, 6.07) is 0.440. The predicted molar refractivity (Wildman–Crippen MR) is 64.3 cm³/mol. The number of methoxy groups -OCH3 is 1. The molecule has 0 bridgehead atoms. The average molecular weight is 217 g/mol. The molecule has 0 aromatic rings. The van der Waals surface area contributed by atoms with E-state index < -0.39 is 0 Å². The molecule has 0 saturated heterocycles. The van der Waals surface area contributed by atoms with Gasteiger partial charge in [-0.15, -0.1) is 0 Å². The van der Waals surface area contributed by atoms with Crippen molar-refractivity contribution in [3.63, 3.8) is 0 Å². The van der Waals surface area contributed by atoms with Gasteiger partial charge in [-0.05, 0) is 40.2 Å². The monoisotopic (exact) mass is 217 g/mol. The standard InChI is InChI=1S/C12H27NO2/c1-6-8-13-11(2)10-15-9-7-12(3,4)14-5/h11,13H,6-10H2,1-5H3. The summed E-state index contributed by atoms with van der Waals surface area (Å²) in [5.74, 6) is 0. The van der Waals surface area contributed by atoms with Gasteiger partial charge < -0.3 is 14.8 Å². The highest BCUT2D eigenvalue weighted by atomic mass is 16.5. The first-order valence-corrected chi connectivity index (χ1v) is 5.88. The minimum absolute atomic E-state index is 0.0694. The molecule has 3 nitrogen and oxygen atoms in total. The van der Waals surface area contributed by atoms with Crippen LogP contribution in [0.4, 0.5) is 0 Å². The maximum absolute atomic E-state index is 5.59. The first kappa shape index (κ1) is 14.9. The van der Waals surface area contributed by atoms with Crippen molar-refractivity contribution in [2.45, 2.75) is 52.2 Å². The Balaban J connectivity index is 3.37. The van der Waals surface area contributed by atoms with Crippen molar-refractivity contribution in [1.82, 2.24) is 5.32 Å². The van der Waals surface area contributed by atoms with Crippen LogP contribution in [0.25, 0.3) is 0 Å². The van der Waals surface area contributed by atoms with Crippen molar-refractivity contribution in [3.05, 3.63) is 0 Å². The summed E-state index contributed by atoms with van der Waals surface area (Å²) in [7, 11) is 1.74. The van der Waals surface area contributed by atoms with Crippen molar-refractivity contribution < 1.29 is 9.47 Å². The molecular weight excluding hydrogens is 190 g/mol. The number of rotatable bonds is 9. The van der Waals surface area contributed by atoms with Crippen LogP contribution < -0.4 is 5.32 Å². The minimum Gasteiger partial charge on any atom is -0.380 e. The molecule has 0 heterocycles. The summed E-state index contributed by atoms with van der Waals surface area (Å²) >= 11 is 0. The third kappa shape index (κ3) is 8.85. The van der Waals surface area contributed by atoms with Gasteiger partial charge in [0.15, 0.2) is 0 Å². The van der Waals surface area contributed by atoms with Crippen LogP contribution in [0.2, 0.25) is 0 Å². The summed E-state index contributed by atoms with van der Waals surface area (Å²) in [5.41, 5.74) is -0.0694. The van der Waals surface area contributed by atoms with Gasteiger partial charge >= 0.3 is 0 Å². The summed E-state index contributed by atoms with van der Waals surface area (Å²) in [5, 5.41) is 3.39. The Hall–Kier alpha value is -0.120. The lowest BCUT2D eigenvalue weighted by molar-refractivity contribution is -0.0118. The van der Waals surface area contributed by atoms with Crippen molar-refractivity contribution in [2.75, 3.05) is 26.9 Å². The Morgan fingerprint density at radius 1 is 1.33 bits per heavy atom. The third-order valence-electron chi connectivity index (χ3n) is 2.51. The minimum atomic E-state index is -0.0694. The third-order valence-corrected chi connectivity index (χ3v) is 2.51. The Kier molecular flexibility index (Phi) is 8.02. The van der Waals surface area contributed by atoms with Crippen LogP contribution in [0.5, 0.6) is 0 Å². The van der Waals surface area contributed by atoms with E-state index in [-0.39, 0.29) is 5.60 Å². The molecule has 0 fully saturated rings. The number of ether oxygens (including phenoxy) is 2. The number of hydrogen-bond acceptors (Lipinski definition) is 3. The van der Waals surface area contributed by atoms with Gasteiger partial charge in [-0.2, -0.15) is 0 Å². The largest absolute Gasteiger partial charge is 0.380 e. The van der Waals surface area contributed by atoms with Gasteiger partial charge in [0.1, 0.15) is 0 Å². The smallest absolute Gasteiger partial charge is 0.0644 e. The van der Waals surface area contributed by atoms with Gasteiger partial charge in [0, 0.05) is 19.8 Å². The number of nitrogens with one attached hydrogen (secondary N) is 1. The summed E-state index contributed by atoms with van der Waals surface area (Å²) in [6.45, 7) is 11.1. The van der Waals surface area contributed by atoms with Gasteiger partial charge in [-0.25, -0.2) is 0 Å². The highest BCUT2D eigenvalue weighted by molar-refractivity contribution is 4.67. The molecule has 0 rings (SSSR count). The molecule has 0 aliphatic carbocycles. The molecule has 0 aliphatic heterocycles. The maximum Gasteiger partial charge on any atom is 0.0644 e. The molecule has 1 N–H and O–H groups in total. The second-order valence-corrected chi connectivity index (χ2v) is 4.64. The van der Waals surface area contributed by atoms with E-state index in [0.29, 0.717) is 6.04 Å². The van der Waals surface area contributed by atoms with E-state index in [2.05, 4.69) is 33.0 Å². The Morgan fingerprint density at radius 3 is 2.53 bits per heavy atom. The second kappa shape index (κ2) is 8.08. The Morgan fingerprint density at radius 2 is 2.00 bits per heavy atom. The molecule has 0 spiro atoms. The summed E-state index contributed by atoms with van der Waals surface area (Å²) in [4.78, 5) is 0. The van der Waals surface area contributed by atoms with Gasteiger partial charge in [-0.3, -0.25) is 0 Å². The zero-order chi connectivity index (χ0) is 11.7. The van der Waals surface area contributed by atoms with E-state index >= 15 is 0 Å². The fourth-order valence-corrected chi connectivity index (χ4v) is 1.13. The normalized spacial score (nSPS) is 14.2. The van der Waals surface area contributed by atoms with Crippen LogP contribution in [0, 0.1) is 0 Å². The molecule has 0 saturated carbocycles. The Labute approximate surface area is 94.5 Å². The lowest BCUT2D eigenvalue weighted by Crippen LogP contribution is -2.32. The quantitative estimate of drug-likeness (QED) is 0.601. The van der Waals surface area contributed by atoms with Crippen molar-refractivity contribution >= 4 is 0 Å². The summed E-state index contributed by atoms with van der Waals surface area (Å²) in [6.07, 6.45) is 2.10. The second-order valence-electron chi connectivity index (χ2n) is 4.64. The van der Waals surface area contributed by atoms with Crippen LogP contribution in [0.3, 0.4) is 0 Å². The molecule has 0 radical (unpaired) electrons. The van der Waals surface area contributed by atoms with Crippen LogP contribution >= 0.6 is 0 Å². The first-order valence-electron chi connectivity index (χ1n) is 5.88. The van der Waals surface area contributed by atoms with Crippen LogP contribution in [-0.4, -0.2) is 38.5 Å². The lowest BCUT2D eigenvalue weighted by Gasteiger charge is -2.23. The van der Waals surface area contributed by atoms with Crippen molar-refractivity contribution in [2.24, 2.45) is 0 Å². The maximum atomic E-state index is 5.59. The highest BCUT2D eigenvalue weighted by Crippen LogP contribution is 2.12. The van der Waals surface area contributed by atoms with Gasteiger partial charge in [-0.1, -0.05) is 6.92 Å². The van der Waals surface area contributed by atoms with E-state index in [1.54, 1.807) is 7.11 Å². The zero-order valence-electron chi connectivity index (χ0n) is 10.9. The van der Waals surface area contributed by atoms with E-state index in [4.69, 9.17) is 9.47 Å². The van der Waals surface area contributed by atoms with Gasteiger partial charge in [0.2, 0.25) is 0 Å². The topological polar surface area (TPSA) is 30.5 Å². The fourth-order valence-electron chi connectivity index (χ4n) is 1.13. The molecule has 0 aromatic carbocycles. The van der Waals surface area contributed by atoms with E-state index in [9.17, 15) is 0 Å². The molecule has 0 aliphatic rings. The molecule has 1 atom stereocenters. The molecule has 3 heteroatoms. The SMILES string of the molecule is CCCNC(C)COCCC(C)(C)OC. The van der Waals surface area contributed by atoms with Crippen LogP contribution in [0.1, 0.15) is 40.5 Å². The van der Waals surface area contributed by atoms with Crippen molar-refractivity contribution in [3.8, 4) is 0 Å². The predicted octanol–water partition coefficient (Wildman–Crippen LogP) is 2.21. The average Bonchev–Trinajstić information content (AvgIpc) is 2.21. The van der Waals surface area contributed by atoms with E-state index in [1.807, 2.05) is 0 Å². The molecule has 15 heavy (non-hydrogen) atoms. The van der Waals surface area contributed by atoms with Crippen molar-refractivity contribution in [1.29, 1.82) is 0 Å². The lowest BCUT2D eigenvalue weighted by atomic mass is 10.1. The molecule has 1 unspecified atom stereocenters. The molecule has 0 amide bonds.